The van der Waals surface area contributed by atoms with Crippen LogP contribution in [0.1, 0.15) is 43.2 Å². The van der Waals surface area contributed by atoms with Crippen LogP contribution in [0.15, 0.2) is 30.4 Å². The van der Waals surface area contributed by atoms with Gasteiger partial charge in [-0.05, 0) is 74.6 Å². The van der Waals surface area contributed by atoms with Crippen molar-refractivity contribution in [2.45, 2.75) is 46.0 Å². The highest BCUT2D eigenvalue weighted by Crippen LogP contribution is 2.40. The summed E-state index contributed by atoms with van der Waals surface area (Å²) in [5, 5.41) is 3.07. The van der Waals surface area contributed by atoms with Gasteiger partial charge in [0.05, 0.1) is 0 Å². The number of piperidine rings is 1. The highest BCUT2D eigenvalue weighted by molar-refractivity contribution is 5.89. The molecule has 3 nitrogen and oxygen atoms in total. The van der Waals surface area contributed by atoms with Crippen LogP contribution in [-0.4, -0.2) is 24.0 Å². The minimum Gasteiger partial charge on any atom is -0.324 e. The van der Waals surface area contributed by atoms with E-state index in [0.29, 0.717) is 5.41 Å². The van der Waals surface area contributed by atoms with E-state index < -0.39 is 0 Å². The molecule has 118 valence electrons. The maximum absolute atomic E-state index is 12.6. The predicted molar refractivity (Wildman–Crippen MR) is 91.2 cm³/mol. The molecule has 1 aromatic rings. The Kier molecular flexibility index (Phi) is 4.23. The van der Waals surface area contributed by atoms with E-state index in [0.717, 1.165) is 38.0 Å². The molecular weight excluding hydrogens is 272 g/mol. The molecule has 1 spiro atoms. The number of urea groups is 1. The number of amides is 2. The fraction of sp³-hybridized carbons (Fsp3) is 0.526. The van der Waals surface area contributed by atoms with Crippen molar-refractivity contribution in [1.82, 2.24) is 4.90 Å². The van der Waals surface area contributed by atoms with Crippen LogP contribution < -0.4 is 5.32 Å². The molecule has 0 radical (unpaired) electrons. The Labute approximate surface area is 133 Å². The highest BCUT2D eigenvalue weighted by atomic mass is 16.2. The first-order valence-corrected chi connectivity index (χ1v) is 8.36. The Bertz CT molecular complexity index is 593. The number of aryl methyl sites for hydroxylation is 2. The largest absolute Gasteiger partial charge is 0.324 e. The molecule has 1 saturated heterocycles. The molecule has 0 bridgehead atoms. The fourth-order valence-corrected chi connectivity index (χ4v) is 3.72. The number of allylic oxidation sites excluding steroid dienone is 2. The second-order valence-corrected chi connectivity index (χ2v) is 6.97. The number of hydrogen-bond acceptors (Lipinski definition) is 1. The molecule has 1 aromatic carbocycles. The smallest absolute Gasteiger partial charge is 0.321 e. The molecule has 1 aliphatic heterocycles. The minimum atomic E-state index is 0.0527. The predicted octanol–water partition coefficient (Wildman–Crippen LogP) is 4.66. The second kappa shape index (κ2) is 6.15. The third-order valence-electron chi connectivity index (χ3n) is 5.27. The van der Waals surface area contributed by atoms with E-state index in [1.54, 1.807) is 0 Å². The highest BCUT2D eigenvalue weighted by Gasteiger charge is 2.36. The summed E-state index contributed by atoms with van der Waals surface area (Å²) in [6.45, 7) is 5.94. The summed E-state index contributed by atoms with van der Waals surface area (Å²) in [5.74, 6) is 0. The van der Waals surface area contributed by atoms with Crippen molar-refractivity contribution in [2.75, 3.05) is 18.4 Å². The van der Waals surface area contributed by atoms with Crippen LogP contribution in [0.2, 0.25) is 0 Å². The SMILES string of the molecule is Cc1ccc(NC(=O)N2CCCC3(CC=CCC3)C2)cc1C. The molecule has 1 aliphatic carbocycles. The van der Waals surface area contributed by atoms with Gasteiger partial charge in [0.1, 0.15) is 0 Å². The second-order valence-electron chi connectivity index (χ2n) is 6.97. The lowest BCUT2D eigenvalue weighted by Gasteiger charge is -2.43. The number of nitrogens with one attached hydrogen (secondary N) is 1. The zero-order valence-electron chi connectivity index (χ0n) is 13.7. The standard InChI is InChI=1S/C19H26N2O/c1-15-7-8-17(13-16(15)2)20-18(22)21-12-6-11-19(14-21)9-4-3-5-10-19/h3-4,7-8,13H,5-6,9-12,14H2,1-2H3,(H,20,22). The fourth-order valence-electron chi connectivity index (χ4n) is 3.72. The maximum Gasteiger partial charge on any atom is 0.321 e. The molecule has 3 rings (SSSR count). The third-order valence-corrected chi connectivity index (χ3v) is 5.27. The van der Waals surface area contributed by atoms with Crippen LogP contribution in [0, 0.1) is 19.3 Å². The quantitative estimate of drug-likeness (QED) is 0.752. The Morgan fingerprint density at radius 3 is 2.77 bits per heavy atom. The van der Waals surface area contributed by atoms with Crippen LogP contribution in [0.3, 0.4) is 0 Å². The molecule has 0 saturated carbocycles. The van der Waals surface area contributed by atoms with Gasteiger partial charge >= 0.3 is 6.03 Å². The maximum atomic E-state index is 12.6. The van der Waals surface area contributed by atoms with Gasteiger partial charge in [-0.2, -0.15) is 0 Å². The molecular formula is C19H26N2O. The number of benzene rings is 1. The molecule has 2 aliphatic rings. The molecule has 1 atom stereocenters. The first-order valence-electron chi connectivity index (χ1n) is 8.36. The molecule has 22 heavy (non-hydrogen) atoms. The van der Waals surface area contributed by atoms with Crippen LogP contribution in [0.25, 0.3) is 0 Å². The number of likely N-dealkylation sites (tertiary alicyclic amines) is 1. The van der Waals surface area contributed by atoms with Crippen molar-refractivity contribution in [2.24, 2.45) is 5.41 Å². The van der Waals surface area contributed by atoms with E-state index in [-0.39, 0.29) is 6.03 Å². The monoisotopic (exact) mass is 298 g/mol. The van der Waals surface area contributed by atoms with Crippen molar-refractivity contribution in [3.63, 3.8) is 0 Å². The van der Waals surface area contributed by atoms with E-state index in [4.69, 9.17) is 0 Å². The van der Waals surface area contributed by atoms with E-state index in [2.05, 4.69) is 43.4 Å². The van der Waals surface area contributed by atoms with Gasteiger partial charge < -0.3 is 10.2 Å². The number of carbonyl (C=O) groups is 1. The van der Waals surface area contributed by atoms with E-state index in [9.17, 15) is 4.79 Å². The van der Waals surface area contributed by atoms with Crippen molar-refractivity contribution in [3.8, 4) is 0 Å². The van der Waals surface area contributed by atoms with Gasteiger partial charge in [-0.25, -0.2) is 4.79 Å². The third kappa shape index (κ3) is 3.18. The lowest BCUT2D eigenvalue weighted by Crippen LogP contribution is -2.48. The van der Waals surface area contributed by atoms with Crippen LogP contribution in [0.4, 0.5) is 10.5 Å². The Morgan fingerprint density at radius 1 is 1.18 bits per heavy atom. The number of carbonyl (C=O) groups excluding carboxylic acids is 1. The van der Waals surface area contributed by atoms with Crippen LogP contribution >= 0.6 is 0 Å². The summed E-state index contributed by atoms with van der Waals surface area (Å²) < 4.78 is 0. The topological polar surface area (TPSA) is 32.3 Å². The molecule has 1 unspecified atom stereocenters. The summed E-state index contributed by atoms with van der Waals surface area (Å²) in [7, 11) is 0. The molecule has 0 aromatic heterocycles. The molecule has 1 N–H and O–H groups in total. The Morgan fingerprint density at radius 2 is 2.05 bits per heavy atom. The van der Waals surface area contributed by atoms with Crippen molar-refractivity contribution >= 4 is 11.7 Å². The van der Waals surface area contributed by atoms with Crippen LogP contribution in [-0.2, 0) is 0 Å². The Hall–Kier alpha value is -1.77. The summed E-state index contributed by atoms with van der Waals surface area (Å²) in [6, 6.07) is 6.16. The van der Waals surface area contributed by atoms with Gasteiger partial charge in [-0.3, -0.25) is 0 Å². The number of anilines is 1. The lowest BCUT2D eigenvalue weighted by atomic mass is 9.71. The first-order chi connectivity index (χ1) is 10.6. The van der Waals surface area contributed by atoms with Crippen molar-refractivity contribution in [1.29, 1.82) is 0 Å². The molecule has 1 fully saturated rings. The summed E-state index contributed by atoms with van der Waals surface area (Å²) in [5.41, 5.74) is 3.69. The van der Waals surface area contributed by atoms with Gasteiger partial charge in [-0.1, -0.05) is 18.2 Å². The lowest BCUT2D eigenvalue weighted by molar-refractivity contribution is 0.102. The molecule has 3 heteroatoms. The summed E-state index contributed by atoms with van der Waals surface area (Å²) in [4.78, 5) is 14.6. The average Bonchev–Trinajstić information content (AvgIpc) is 2.52. The van der Waals surface area contributed by atoms with E-state index in [1.807, 2.05) is 11.0 Å². The molecule has 1 heterocycles. The van der Waals surface area contributed by atoms with E-state index >= 15 is 0 Å². The number of rotatable bonds is 1. The Balaban J connectivity index is 1.66. The number of hydrogen-bond donors (Lipinski definition) is 1. The van der Waals surface area contributed by atoms with E-state index in [1.165, 1.54) is 24.0 Å². The zero-order valence-corrected chi connectivity index (χ0v) is 13.7. The van der Waals surface area contributed by atoms with Crippen molar-refractivity contribution < 1.29 is 4.79 Å². The summed E-state index contributed by atoms with van der Waals surface area (Å²) >= 11 is 0. The normalized spacial score (nSPS) is 24.5. The molecule has 2 amide bonds. The van der Waals surface area contributed by atoms with Gasteiger partial charge in [0.25, 0.3) is 0 Å². The average molecular weight is 298 g/mol. The van der Waals surface area contributed by atoms with Gasteiger partial charge in [-0.15, -0.1) is 0 Å². The summed E-state index contributed by atoms with van der Waals surface area (Å²) in [6.07, 6.45) is 10.5. The number of nitrogens with zero attached hydrogens (tertiary/aromatic N) is 1. The van der Waals surface area contributed by atoms with Crippen molar-refractivity contribution in [3.05, 3.63) is 41.5 Å². The van der Waals surface area contributed by atoms with Gasteiger partial charge in [0, 0.05) is 18.8 Å². The minimum absolute atomic E-state index is 0.0527. The van der Waals surface area contributed by atoms with Gasteiger partial charge in [0.15, 0.2) is 0 Å². The first kappa shape index (κ1) is 15.1. The van der Waals surface area contributed by atoms with Gasteiger partial charge in [0.2, 0.25) is 0 Å². The zero-order chi connectivity index (χ0) is 15.6. The van der Waals surface area contributed by atoms with Crippen LogP contribution in [0.5, 0.6) is 0 Å².